The zero-order valence-electron chi connectivity index (χ0n) is 23.3. The molecule has 6 rings (SSSR count). The van der Waals surface area contributed by atoms with E-state index in [0.29, 0.717) is 30.7 Å². The van der Waals surface area contributed by atoms with Crippen LogP contribution >= 0.6 is 0 Å². The summed E-state index contributed by atoms with van der Waals surface area (Å²) >= 11 is 0. The Hall–Kier alpha value is -2.97. The van der Waals surface area contributed by atoms with Crippen LogP contribution < -0.4 is 16.4 Å². The zero-order chi connectivity index (χ0) is 26.9. The zero-order valence-corrected chi connectivity index (χ0v) is 23.3. The third kappa shape index (κ3) is 5.54. The maximum atomic E-state index is 6.07. The van der Waals surface area contributed by atoms with Gasteiger partial charge in [0.05, 0.1) is 29.5 Å². The van der Waals surface area contributed by atoms with E-state index >= 15 is 0 Å². The fourth-order valence-electron chi connectivity index (χ4n) is 6.41. The van der Waals surface area contributed by atoms with Crippen LogP contribution in [0.25, 0.3) is 22.0 Å². The normalized spacial score (nSPS) is 29.6. The van der Waals surface area contributed by atoms with Gasteiger partial charge in [0, 0.05) is 42.3 Å². The lowest BCUT2D eigenvalue weighted by molar-refractivity contribution is 0.204. The Morgan fingerprint density at radius 1 is 0.949 bits per heavy atom. The molecule has 39 heavy (non-hydrogen) atoms. The average Bonchev–Trinajstić information content (AvgIpc) is 3.68. The number of benzene rings is 2. The summed E-state index contributed by atoms with van der Waals surface area (Å²) in [7, 11) is 2.17. The van der Waals surface area contributed by atoms with Crippen molar-refractivity contribution in [3.8, 4) is 11.1 Å². The van der Waals surface area contributed by atoms with Crippen LogP contribution in [0.3, 0.4) is 0 Å². The van der Waals surface area contributed by atoms with Crippen molar-refractivity contribution >= 4 is 22.8 Å². The van der Waals surface area contributed by atoms with Crippen LogP contribution in [0.5, 0.6) is 0 Å². The lowest BCUT2D eigenvalue weighted by Gasteiger charge is -2.28. The summed E-state index contributed by atoms with van der Waals surface area (Å²) in [5, 5.41) is 8.43. The molecule has 2 aromatic carbocycles. The number of aromatic nitrogens is 1. The third-order valence-electron chi connectivity index (χ3n) is 8.73. The number of likely N-dealkylation sites (N-methyl/N-ethyl adjacent to an activating group) is 1. The molecular weight excluding hydrogens is 482 g/mol. The molecule has 2 fully saturated rings. The molecule has 6 unspecified atom stereocenters. The Kier molecular flexibility index (Phi) is 7.58. The van der Waals surface area contributed by atoms with Crippen LogP contribution in [0.1, 0.15) is 56.8 Å². The molecule has 3 aromatic rings. The van der Waals surface area contributed by atoms with E-state index in [1.165, 1.54) is 36.8 Å². The predicted octanol–water partition coefficient (Wildman–Crippen LogP) is 4.31. The Morgan fingerprint density at radius 2 is 1.72 bits per heavy atom. The van der Waals surface area contributed by atoms with Crippen molar-refractivity contribution in [1.29, 1.82) is 0 Å². The van der Waals surface area contributed by atoms with Crippen molar-refractivity contribution in [2.24, 2.45) is 15.7 Å². The number of hydrogen-bond donors (Lipinski definition) is 3. The predicted molar refractivity (Wildman–Crippen MR) is 162 cm³/mol. The van der Waals surface area contributed by atoms with Crippen LogP contribution in [0, 0.1) is 0 Å². The van der Waals surface area contributed by atoms with Gasteiger partial charge in [0.25, 0.3) is 0 Å². The topological polar surface area (TPSA) is 90.9 Å². The molecule has 0 spiro atoms. The minimum atomic E-state index is 0.107. The minimum Gasteiger partial charge on any atom is -0.325 e. The highest BCUT2D eigenvalue weighted by Gasteiger charge is 2.37. The van der Waals surface area contributed by atoms with Gasteiger partial charge in [-0.25, -0.2) is 0 Å². The molecule has 2 saturated heterocycles. The van der Waals surface area contributed by atoms with E-state index in [1.54, 1.807) is 0 Å². The van der Waals surface area contributed by atoms with Gasteiger partial charge in [-0.15, -0.1) is 0 Å². The van der Waals surface area contributed by atoms with Gasteiger partial charge in [-0.3, -0.25) is 19.9 Å². The van der Waals surface area contributed by atoms with E-state index in [9.17, 15) is 0 Å². The highest BCUT2D eigenvalue weighted by Crippen LogP contribution is 2.31. The maximum absolute atomic E-state index is 6.07. The van der Waals surface area contributed by atoms with Crippen molar-refractivity contribution in [2.75, 3.05) is 20.1 Å². The van der Waals surface area contributed by atoms with Crippen molar-refractivity contribution < 1.29 is 0 Å². The minimum absolute atomic E-state index is 0.107. The molecule has 4 N–H and O–H groups in total. The summed E-state index contributed by atoms with van der Waals surface area (Å²) in [6.07, 6.45) is 7.04. The van der Waals surface area contributed by atoms with Gasteiger partial charge in [0.2, 0.25) is 0 Å². The molecule has 6 atom stereocenters. The third-order valence-corrected chi connectivity index (χ3v) is 8.73. The maximum Gasteiger partial charge on any atom is 0.118 e. The van der Waals surface area contributed by atoms with Gasteiger partial charge in [-0.2, -0.15) is 0 Å². The molecule has 3 aliphatic heterocycles. The fraction of sp³-hybridized carbons (Fsp3) is 0.469. The van der Waals surface area contributed by atoms with Gasteiger partial charge in [-0.05, 0) is 81.5 Å². The Labute approximate surface area is 232 Å². The summed E-state index contributed by atoms with van der Waals surface area (Å²) in [6.45, 7) is 5.73. The van der Waals surface area contributed by atoms with Gasteiger partial charge in [-0.1, -0.05) is 36.4 Å². The first-order chi connectivity index (χ1) is 19.0. The van der Waals surface area contributed by atoms with Crippen LogP contribution in [-0.4, -0.2) is 72.3 Å². The summed E-state index contributed by atoms with van der Waals surface area (Å²) in [6, 6.07) is 21.6. The number of rotatable bonds is 7. The first kappa shape index (κ1) is 26.3. The first-order valence-corrected chi connectivity index (χ1v) is 14.5. The Balaban J connectivity index is 1.15. The van der Waals surface area contributed by atoms with E-state index in [-0.39, 0.29) is 12.2 Å². The largest absolute Gasteiger partial charge is 0.325 e. The second kappa shape index (κ2) is 11.3. The van der Waals surface area contributed by atoms with Crippen LogP contribution in [0.15, 0.2) is 64.6 Å². The smallest absolute Gasteiger partial charge is 0.118 e. The van der Waals surface area contributed by atoms with Gasteiger partial charge >= 0.3 is 0 Å². The lowest BCUT2D eigenvalue weighted by atomic mass is 10.00. The summed E-state index contributed by atoms with van der Waals surface area (Å²) in [5.74, 6) is 0. The van der Waals surface area contributed by atoms with Gasteiger partial charge in [0.15, 0.2) is 0 Å². The van der Waals surface area contributed by atoms with E-state index in [2.05, 4.69) is 97.2 Å². The van der Waals surface area contributed by atoms with Crippen LogP contribution in [-0.2, 0) is 0 Å². The molecule has 4 heterocycles. The molecule has 1 aromatic heterocycles. The lowest BCUT2D eigenvalue weighted by Crippen LogP contribution is -2.44. The summed E-state index contributed by atoms with van der Waals surface area (Å²) < 4.78 is 0. The highest BCUT2D eigenvalue weighted by atomic mass is 15.3. The average molecular weight is 524 g/mol. The molecule has 0 amide bonds. The summed E-state index contributed by atoms with van der Waals surface area (Å²) in [4.78, 5) is 17.1. The molecule has 204 valence electrons. The van der Waals surface area contributed by atoms with Gasteiger partial charge < -0.3 is 16.4 Å². The SMILES string of the molecule is CC1CCC(CN=C(CN)c2ccc(-c3ccc4nc(C5C=NC(C6CCC(C)N6)N5C)ccc4c3)cc2)N1. The first-order valence-electron chi connectivity index (χ1n) is 14.5. The Morgan fingerprint density at radius 3 is 2.44 bits per heavy atom. The number of nitrogens with one attached hydrogen (secondary N) is 2. The van der Waals surface area contributed by atoms with Crippen molar-refractivity contribution in [1.82, 2.24) is 20.5 Å². The van der Waals surface area contributed by atoms with Crippen molar-refractivity contribution in [3.05, 3.63) is 65.9 Å². The van der Waals surface area contributed by atoms with E-state index < -0.39 is 0 Å². The van der Waals surface area contributed by atoms with E-state index in [4.69, 9.17) is 20.7 Å². The number of aliphatic imine (C=N–C) groups is 2. The number of nitrogens with two attached hydrogens (primary N) is 1. The van der Waals surface area contributed by atoms with E-state index in [0.717, 1.165) is 34.4 Å². The number of pyridine rings is 1. The van der Waals surface area contributed by atoms with E-state index in [1.807, 2.05) is 0 Å². The molecule has 0 aliphatic carbocycles. The Bertz CT molecular complexity index is 1360. The second-order valence-electron chi connectivity index (χ2n) is 11.6. The van der Waals surface area contributed by atoms with Gasteiger partial charge in [0.1, 0.15) is 6.17 Å². The van der Waals surface area contributed by atoms with Crippen LogP contribution in [0.2, 0.25) is 0 Å². The molecule has 0 bridgehead atoms. The number of fused-ring (bicyclic) bond motifs is 1. The fourth-order valence-corrected chi connectivity index (χ4v) is 6.41. The summed E-state index contributed by atoms with van der Waals surface area (Å²) in [5.41, 5.74) is 12.6. The van der Waals surface area contributed by atoms with Crippen molar-refractivity contribution in [2.45, 2.75) is 75.9 Å². The molecular formula is C32H41N7. The monoisotopic (exact) mass is 523 g/mol. The quantitative estimate of drug-likeness (QED) is 0.402. The highest BCUT2D eigenvalue weighted by molar-refractivity contribution is 6.02. The number of nitrogens with zero attached hydrogens (tertiary/aromatic N) is 4. The standard InChI is InChI=1S/C32H41N7/c1-20-4-12-26(36-20)18-34-30(17-33)23-8-6-22(7-9-23)24-10-14-27-25(16-24)11-15-28(38-27)31-19-35-32(39(31)3)29-13-5-21(2)37-29/h6-11,14-16,19-21,26,29,31-32,36-37H,4-5,12-13,17-18,33H2,1-3H3. The second-order valence-corrected chi connectivity index (χ2v) is 11.6. The molecule has 0 saturated carbocycles. The van der Waals surface area contributed by atoms with Crippen molar-refractivity contribution in [3.63, 3.8) is 0 Å². The molecule has 7 nitrogen and oxygen atoms in total. The molecule has 3 aliphatic rings. The van der Waals surface area contributed by atoms with Crippen LogP contribution in [0.4, 0.5) is 0 Å². The molecule has 7 heteroatoms. The molecule has 0 radical (unpaired) electrons. The number of hydrogen-bond acceptors (Lipinski definition) is 7.